The number of hydrogen-bond donors (Lipinski definition) is 1. The second-order valence-electron chi connectivity index (χ2n) is 5.32. The van der Waals surface area contributed by atoms with Crippen molar-refractivity contribution >= 4 is 28.9 Å². The number of aromatic carboxylic acids is 1. The number of halogens is 1. The maximum absolute atomic E-state index is 11.0. The quantitative estimate of drug-likeness (QED) is 0.606. The molecule has 3 rings (SSSR count). The molecule has 1 aromatic heterocycles. The van der Waals surface area contributed by atoms with Gasteiger partial charge in [-0.05, 0) is 31.2 Å². The van der Waals surface area contributed by atoms with Gasteiger partial charge in [0.1, 0.15) is 11.6 Å². The van der Waals surface area contributed by atoms with Crippen molar-refractivity contribution < 1.29 is 19.4 Å². The summed E-state index contributed by atoms with van der Waals surface area (Å²) < 4.78 is 11.5. The molecule has 7 heteroatoms. The molecular weight excluding hydrogens is 374 g/mol. The van der Waals surface area contributed by atoms with Crippen LogP contribution in [0.15, 0.2) is 47.8 Å². The number of carboxylic acids is 1. The Kier molecular flexibility index (Phi) is 5.75. The van der Waals surface area contributed by atoms with E-state index in [0.29, 0.717) is 34.7 Å². The zero-order valence-electron chi connectivity index (χ0n) is 13.9. The molecule has 0 radical (unpaired) electrons. The largest absolute Gasteiger partial charge is 0.490 e. The van der Waals surface area contributed by atoms with Crippen LogP contribution in [-0.4, -0.2) is 22.7 Å². The first-order chi connectivity index (χ1) is 12.6. The molecule has 0 spiro atoms. The fourth-order valence-electron chi connectivity index (χ4n) is 2.30. The zero-order valence-corrected chi connectivity index (χ0v) is 15.5. The van der Waals surface area contributed by atoms with E-state index in [4.69, 9.17) is 26.2 Å². The predicted octanol–water partition coefficient (Wildman–Crippen LogP) is 5.14. The predicted molar refractivity (Wildman–Crippen MR) is 101 cm³/mol. The van der Waals surface area contributed by atoms with Gasteiger partial charge in [-0.2, -0.15) is 0 Å². The highest BCUT2D eigenvalue weighted by Crippen LogP contribution is 2.34. The number of benzene rings is 2. The van der Waals surface area contributed by atoms with Gasteiger partial charge in [0.25, 0.3) is 0 Å². The molecule has 2 aromatic carbocycles. The van der Waals surface area contributed by atoms with Gasteiger partial charge in [-0.1, -0.05) is 29.8 Å². The van der Waals surface area contributed by atoms with E-state index < -0.39 is 5.97 Å². The SMILES string of the molecule is CCOc1cc(-c2nc(C(=O)O)cs2)ccc1OCc1ccccc1Cl. The fourth-order valence-corrected chi connectivity index (χ4v) is 3.29. The second-order valence-corrected chi connectivity index (χ2v) is 6.58. The summed E-state index contributed by atoms with van der Waals surface area (Å²) >= 11 is 7.43. The number of nitrogens with zero attached hydrogens (tertiary/aromatic N) is 1. The molecule has 1 heterocycles. The van der Waals surface area contributed by atoms with Crippen LogP contribution in [-0.2, 0) is 6.61 Å². The number of rotatable bonds is 7. The Labute approximate surface area is 159 Å². The standard InChI is InChI=1S/C19H16ClNO4S/c1-2-24-17-9-12(18-21-15(11-26-18)19(22)23)7-8-16(17)25-10-13-5-3-4-6-14(13)20/h3-9,11H,2,10H2,1H3,(H,22,23). The van der Waals surface area contributed by atoms with Crippen molar-refractivity contribution in [2.45, 2.75) is 13.5 Å². The Morgan fingerprint density at radius 3 is 2.69 bits per heavy atom. The number of ether oxygens (including phenoxy) is 2. The molecule has 26 heavy (non-hydrogen) atoms. The molecule has 1 N–H and O–H groups in total. The van der Waals surface area contributed by atoms with E-state index in [2.05, 4.69) is 4.98 Å². The van der Waals surface area contributed by atoms with Crippen LogP contribution < -0.4 is 9.47 Å². The van der Waals surface area contributed by atoms with Crippen molar-refractivity contribution in [3.63, 3.8) is 0 Å². The number of aromatic nitrogens is 1. The van der Waals surface area contributed by atoms with E-state index in [1.165, 1.54) is 16.7 Å². The van der Waals surface area contributed by atoms with E-state index in [1.54, 1.807) is 12.1 Å². The lowest BCUT2D eigenvalue weighted by molar-refractivity contribution is 0.0691. The normalized spacial score (nSPS) is 10.5. The van der Waals surface area contributed by atoms with Gasteiger partial charge in [0.05, 0.1) is 6.61 Å². The Morgan fingerprint density at radius 1 is 1.19 bits per heavy atom. The van der Waals surface area contributed by atoms with Gasteiger partial charge in [-0.3, -0.25) is 0 Å². The first-order valence-corrected chi connectivity index (χ1v) is 9.16. The van der Waals surface area contributed by atoms with E-state index in [0.717, 1.165) is 11.1 Å². The van der Waals surface area contributed by atoms with Gasteiger partial charge in [0.2, 0.25) is 0 Å². The van der Waals surface area contributed by atoms with Crippen molar-refractivity contribution in [2.75, 3.05) is 6.61 Å². The lowest BCUT2D eigenvalue weighted by atomic mass is 10.2. The molecule has 0 saturated carbocycles. The minimum atomic E-state index is -1.04. The van der Waals surface area contributed by atoms with Gasteiger partial charge in [-0.15, -0.1) is 11.3 Å². The summed E-state index contributed by atoms with van der Waals surface area (Å²) in [5.74, 6) is 0.117. The van der Waals surface area contributed by atoms with Gasteiger partial charge in [-0.25, -0.2) is 9.78 Å². The van der Waals surface area contributed by atoms with Crippen molar-refractivity contribution in [1.82, 2.24) is 4.98 Å². The summed E-state index contributed by atoms with van der Waals surface area (Å²) in [5.41, 5.74) is 1.68. The Bertz CT molecular complexity index is 925. The van der Waals surface area contributed by atoms with E-state index in [-0.39, 0.29) is 5.69 Å². The van der Waals surface area contributed by atoms with Crippen molar-refractivity contribution in [2.24, 2.45) is 0 Å². The third kappa shape index (κ3) is 4.15. The summed E-state index contributed by atoms with van der Waals surface area (Å²) in [5, 5.41) is 11.8. The van der Waals surface area contributed by atoms with Gasteiger partial charge < -0.3 is 14.6 Å². The Morgan fingerprint density at radius 2 is 2.00 bits per heavy atom. The Hall–Kier alpha value is -2.57. The smallest absolute Gasteiger partial charge is 0.355 e. The van der Waals surface area contributed by atoms with Gasteiger partial charge in [0.15, 0.2) is 17.2 Å². The van der Waals surface area contributed by atoms with E-state index >= 15 is 0 Å². The third-order valence-electron chi connectivity index (χ3n) is 3.55. The van der Waals surface area contributed by atoms with Crippen LogP contribution in [0.3, 0.4) is 0 Å². The maximum Gasteiger partial charge on any atom is 0.355 e. The third-order valence-corrected chi connectivity index (χ3v) is 4.81. The van der Waals surface area contributed by atoms with Crippen LogP contribution in [0.2, 0.25) is 5.02 Å². The highest BCUT2D eigenvalue weighted by molar-refractivity contribution is 7.13. The van der Waals surface area contributed by atoms with Crippen molar-refractivity contribution in [3.8, 4) is 22.1 Å². The van der Waals surface area contributed by atoms with Gasteiger partial charge >= 0.3 is 5.97 Å². The van der Waals surface area contributed by atoms with Crippen LogP contribution in [0.4, 0.5) is 0 Å². The summed E-state index contributed by atoms with van der Waals surface area (Å²) in [6.45, 7) is 2.68. The molecule has 0 saturated heterocycles. The molecule has 3 aromatic rings. The molecule has 0 unspecified atom stereocenters. The van der Waals surface area contributed by atoms with Crippen LogP contribution in [0.1, 0.15) is 23.0 Å². The molecule has 0 aliphatic rings. The van der Waals surface area contributed by atoms with Crippen LogP contribution in [0.5, 0.6) is 11.5 Å². The highest BCUT2D eigenvalue weighted by atomic mass is 35.5. The fraction of sp³-hybridized carbons (Fsp3) is 0.158. The lowest BCUT2D eigenvalue weighted by Crippen LogP contribution is -2.00. The van der Waals surface area contributed by atoms with E-state index in [9.17, 15) is 4.79 Å². The average molecular weight is 390 g/mol. The molecule has 0 fully saturated rings. The zero-order chi connectivity index (χ0) is 18.5. The first kappa shape index (κ1) is 18.2. The topological polar surface area (TPSA) is 68.7 Å². The monoisotopic (exact) mass is 389 g/mol. The van der Waals surface area contributed by atoms with Crippen LogP contribution in [0, 0.1) is 0 Å². The average Bonchev–Trinajstić information content (AvgIpc) is 3.12. The molecule has 0 aliphatic carbocycles. The lowest BCUT2D eigenvalue weighted by Gasteiger charge is -2.13. The molecule has 0 bridgehead atoms. The van der Waals surface area contributed by atoms with Crippen molar-refractivity contribution in [3.05, 3.63) is 64.1 Å². The molecule has 0 aliphatic heterocycles. The first-order valence-electron chi connectivity index (χ1n) is 7.90. The van der Waals surface area contributed by atoms with E-state index in [1.807, 2.05) is 37.3 Å². The number of thiazole rings is 1. The van der Waals surface area contributed by atoms with Crippen molar-refractivity contribution in [1.29, 1.82) is 0 Å². The molecule has 5 nitrogen and oxygen atoms in total. The molecule has 0 atom stereocenters. The van der Waals surface area contributed by atoms with Gasteiger partial charge in [0, 0.05) is 21.5 Å². The molecule has 0 amide bonds. The minimum Gasteiger partial charge on any atom is -0.490 e. The minimum absolute atomic E-state index is 0.0296. The number of carbonyl (C=O) groups is 1. The summed E-state index contributed by atoms with van der Waals surface area (Å²) in [6, 6.07) is 12.9. The molecule has 134 valence electrons. The second kappa shape index (κ2) is 8.21. The van der Waals surface area contributed by atoms with Crippen LogP contribution >= 0.6 is 22.9 Å². The maximum atomic E-state index is 11.0. The number of hydrogen-bond acceptors (Lipinski definition) is 5. The summed E-state index contributed by atoms with van der Waals surface area (Å²) in [7, 11) is 0. The highest BCUT2D eigenvalue weighted by Gasteiger charge is 2.13. The Balaban J connectivity index is 1.84. The summed E-state index contributed by atoms with van der Waals surface area (Å²) in [4.78, 5) is 15.1. The molecular formula is C19H16ClNO4S. The summed E-state index contributed by atoms with van der Waals surface area (Å²) in [6.07, 6.45) is 0. The number of carboxylic acid groups (broad SMARTS) is 1. The van der Waals surface area contributed by atoms with Crippen LogP contribution in [0.25, 0.3) is 10.6 Å².